The Hall–Kier alpha value is 0.390. The molecular formula is C11H19NNaO3. The molecule has 87 valence electrons. The molecule has 1 fully saturated rings. The van der Waals surface area contributed by atoms with Crippen LogP contribution in [0.3, 0.4) is 0 Å². The van der Waals surface area contributed by atoms with Gasteiger partial charge in [-0.3, -0.25) is 0 Å². The largest absolute Gasteiger partial charge is 1.00 e. The van der Waals surface area contributed by atoms with Gasteiger partial charge >= 0.3 is 29.6 Å². The smallest absolute Gasteiger partial charge is 0.550 e. The Kier molecular flexibility index (Phi) is 7.14. The van der Waals surface area contributed by atoms with Gasteiger partial charge in [-0.15, -0.1) is 0 Å². The molecule has 0 aromatic heterocycles. The number of hydrogen-bond acceptors (Lipinski definition) is 4. The van der Waals surface area contributed by atoms with Gasteiger partial charge in [-0.1, -0.05) is 12.8 Å². The maximum atomic E-state index is 10.9. The van der Waals surface area contributed by atoms with E-state index in [9.17, 15) is 9.90 Å². The zero-order chi connectivity index (χ0) is 11.5. The van der Waals surface area contributed by atoms with E-state index >= 15 is 0 Å². The summed E-state index contributed by atoms with van der Waals surface area (Å²) < 4.78 is 0. The summed E-state index contributed by atoms with van der Waals surface area (Å²) in [5.74, 6) is -1.50. The summed E-state index contributed by atoms with van der Waals surface area (Å²) >= 11 is 0. The van der Waals surface area contributed by atoms with Gasteiger partial charge in [0.2, 0.25) is 0 Å². The van der Waals surface area contributed by atoms with Crippen molar-refractivity contribution in [2.24, 2.45) is 5.92 Å². The Labute approximate surface area is 119 Å². The number of nitrogens with one attached hydrogen (secondary N) is 1. The monoisotopic (exact) mass is 236 g/mol. The van der Waals surface area contributed by atoms with E-state index in [1.54, 1.807) is 0 Å². The van der Waals surface area contributed by atoms with Crippen molar-refractivity contribution in [3.63, 3.8) is 0 Å². The van der Waals surface area contributed by atoms with Gasteiger partial charge in [0.05, 0.1) is 6.61 Å². The molecule has 1 aliphatic rings. The van der Waals surface area contributed by atoms with Gasteiger partial charge in [0.15, 0.2) is 0 Å². The number of hydrogen-bond donors (Lipinski definition) is 2. The van der Waals surface area contributed by atoms with Crippen LogP contribution in [0, 0.1) is 12.0 Å². The van der Waals surface area contributed by atoms with Gasteiger partial charge in [-0.05, 0) is 26.7 Å². The van der Waals surface area contributed by atoms with Crippen molar-refractivity contribution in [2.45, 2.75) is 45.1 Å². The molecule has 0 aromatic carbocycles. The molecule has 4 nitrogen and oxygen atoms in total. The van der Waals surface area contributed by atoms with Crippen molar-refractivity contribution >= 4 is 5.97 Å². The number of aliphatic hydroxyl groups excluding tert-OH is 1. The van der Waals surface area contributed by atoms with Crippen LogP contribution in [0.4, 0.5) is 0 Å². The van der Waals surface area contributed by atoms with E-state index < -0.39 is 17.4 Å². The Morgan fingerprint density at radius 3 is 2.69 bits per heavy atom. The maximum absolute atomic E-state index is 10.9. The molecule has 1 radical (unpaired) electrons. The fourth-order valence-electron chi connectivity index (χ4n) is 1.90. The maximum Gasteiger partial charge on any atom is 1.00 e. The van der Waals surface area contributed by atoms with Crippen LogP contribution in [0.2, 0.25) is 0 Å². The van der Waals surface area contributed by atoms with Gasteiger partial charge in [0.1, 0.15) is 0 Å². The summed E-state index contributed by atoms with van der Waals surface area (Å²) in [6.07, 6.45) is 3.35. The number of aliphatic hydroxyl groups is 1. The summed E-state index contributed by atoms with van der Waals surface area (Å²) in [6, 6.07) is 0.806. The normalized spacial score (nSPS) is 22.6. The molecule has 16 heavy (non-hydrogen) atoms. The third-order valence-electron chi connectivity index (χ3n) is 2.79. The van der Waals surface area contributed by atoms with Crippen molar-refractivity contribution in [1.29, 1.82) is 0 Å². The van der Waals surface area contributed by atoms with Gasteiger partial charge in [0.25, 0.3) is 0 Å². The van der Waals surface area contributed by atoms with E-state index in [1.807, 2.05) is 13.8 Å². The number of carboxylic acids is 1. The first kappa shape index (κ1) is 16.4. The Bertz CT molecular complexity index is 233. The predicted octanol–water partition coefficient (Wildman–Crippen LogP) is -3.18. The number of carbonyl (C=O) groups is 1. The quantitative estimate of drug-likeness (QED) is 0.505. The van der Waals surface area contributed by atoms with Crippen LogP contribution < -0.4 is 40.0 Å². The minimum Gasteiger partial charge on any atom is -0.550 e. The third-order valence-corrected chi connectivity index (χ3v) is 2.79. The molecular weight excluding hydrogens is 217 g/mol. The molecule has 0 heterocycles. The number of aliphatic carboxylic acids is 1. The predicted molar refractivity (Wildman–Crippen MR) is 54.5 cm³/mol. The topological polar surface area (TPSA) is 72.4 Å². The molecule has 1 rings (SSSR count). The molecule has 1 atom stereocenters. The molecule has 1 aliphatic carbocycles. The third kappa shape index (κ3) is 4.72. The van der Waals surface area contributed by atoms with Gasteiger partial charge in [0, 0.05) is 23.5 Å². The second-order valence-electron chi connectivity index (χ2n) is 4.81. The molecule has 1 saturated carbocycles. The van der Waals surface area contributed by atoms with E-state index in [1.165, 1.54) is 0 Å². The van der Waals surface area contributed by atoms with E-state index in [2.05, 4.69) is 5.32 Å². The van der Waals surface area contributed by atoms with E-state index in [4.69, 9.17) is 5.11 Å². The molecule has 0 spiro atoms. The fourth-order valence-corrected chi connectivity index (χ4v) is 1.90. The van der Waals surface area contributed by atoms with Gasteiger partial charge in [-0.25, -0.2) is 0 Å². The average Bonchev–Trinajstić information content (AvgIpc) is 2.18. The van der Waals surface area contributed by atoms with Crippen LogP contribution in [0.25, 0.3) is 0 Å². The first-order chi connectivity index (χ1) is 6.96. The fraction of sp³-hybridized carbons (Fsp3) is 0.818. The Morgan fingerprint density at radius 2 is 2.19 bits per heavy atom. The van der Waals surface area contributed by atoms with E-state index in [-0.39, 0.29) is 36.2 Å². The SMILES string of the molecule is CC(C)(CO)N[C]1CCCCC1C(=O)[O-].[Na+]. The van der Waals surface area contributed by atoms with Crippen molar-refractivity contribution in [3.8, 4) is 0 Å². The summed E-state index contributed by atoms with van der Waals surface area (Å²) in [5, 5.41) is 23.1. The first-order valence-corrected chi connectivity index (χ1v) is 5.42. The Morgan fingerprint density at radius 1 is 1.56 bits per heavy atom. The first-order valence-electron chi connectivity index (χ1n) is 5.42. The standard InChI is InChI=1S/C11H20NO3.Na/c1-11(2,7-13)12-9-6-4-3-5-8(9)10(14)15;/h8,12-13H,3-7H2,1-2H3,(H,14,15);/q;+1/p-1. The van der Waals surface area contributed by atoms with Crippen molar-refractivity contribution in [2.75, 3.05) is 6.61 Å². The summed E-state index contributed by atoms with van der Waals surface area (Å²) in [7, 11) is 0. The van der Waals surface area contributed by atoms with Crippen molar-refractivity contribution in [3.05, 3.63) is 6.04 Å². The second kappa shape index (κ2) is 6.97. The summed E-state index contributed by atoms with van der Waals surface area (Å²) in [5.41, 5.74) is -0.458. The summed E-state index contributed by atoms with van der Waals surface area (Å²) in [4.78, 5) is 10.9. The number of rotatable bonds is 4. The van der Waals surface area contributed by atoms with Crippen LogP contribution in [0.15, 0.2) is 0 Å². The molecule has 0 saturated heterocycles. The average molecular weight is 236 g/mol. The molecule has 2 N–H and O–H groups in total. The van der Waals surface area contributed by atoms with E-state index in [0.717, 1.165) is 25.3 Å². The molecule has 0 bridgehead atoms. The summed E-state index contributed by atoms with van der Waals surface area (Å²) in [6.45, 7) is 3.68. The number of carboxylic acid groups (broad SMARTS) is 1. The van der Waals surface area contributed by atoms with Crippen LogP contribution in [-0.4, -0.2) is 23.2 Å². The van der Waals surface area contributed by atoms with Crippen molar-refractivity contribution < 1.29 is 44.6 Å². The Balaban J connectivity index is 0.00000225. The molecule has 0 aliphatic heterocycles. The minimum absolute atomic E-state index is 0. The van der Waals surface area contributed by atoms with Gasteiger partial charge < -0.3 is 20.3 Å². The number of carbonyl (C=O) groups excluding carboxylic acids is 1. The van der Waals surface area contributed by atoms with Crippen LogP contribution in [-0.2, 0) is 4.79 Å². The van der Waals surface area contributed by atoms with Crippen molar-refractivity contribution in [1.82, 2.24) is 5.32 Å². The van der Waals surface area contributed by atoms with Crippen LogP contribution in [0.1, 0.15) is 39.5 Å². The molecule has 1 unspecified atom stereocenters. The van der Waals surface area contributed by atoms with Crippen LogP contribution in [0.5, 0.6) is 0 Å². The molecule has 5 heteroatoms. The van der Waals surface area contributed by atoms with Crippen LogP contribution >= 0.6 is 0 Å². The minimum atomic E-state index is -1.01. The zero-order valence-corrected chi connectivity index (χ0v) is 12.4. The van der Waals surface area contributed by atoms with Gasteiger partial charge in [-0.2, -0.15) is 0 Å². The molecule has 0 aromatic rings. The van der Waals surface area contributed by atoms with E-state index in [0.29, 0.717) is 6.42 Å². The molecule has 0 amide bonds. The second-order valence-corrected chi connectivity index (χ2v) is 4.81. The zero-order valence-electron chi connectivity index (χ0n) is 10.4.